The number of thioether (sulfide) groups is 1. The summed E-state index contributed by atoms with van der Waals surface area (Å²) in [6.07, 6.45) is 1.82. The van der Waals surface area contributed by atoms with Crippen molar-refractivity contribution in [3.8, 4) is 5.69 Å². The third-order valence-corrected chi connectivity index (χ3v) is 5.19. The third-order valence-electron chi connectivity index (χ3n) is 4.25. The summed E-state index contributed by atoms with van der Waals surface area (Å²) in [5.74, 6) is 0.162. The molecule has 1 N–H and O–H groups in total. The normalized spacial score (nSPS) is 10.9. The van der Waals surface area contributed by atoms with E-state index in [1.807, 2.05) is 49.4 Å². The van der Waals surface area contributed by atoms with Gasteiger partial charge in [-0.3, -0.25) is 14.2 Å². The van der Waals surface area contributed by atoms with E-state index in [4.69, 9.17) is 0 Å². The molecule has 6 heteroatoms. The van der Waals surface area contributed by atoms with E-state index in [2.05, 4.69) is 17.2 Å². The SMILES string of the molecule is CCCNC(=O)CSc1nc2ccccc2c(=O)n1-c1ccc(CC)cc1. The third kappa shape index (κ3) is 4.39. The van der Waals surface area contributed by atoms with E-state index in [-0.39, 0.29) is 17.2 Å². The summed E-state index contributed by atoms with van der Waals surface area (Å²) >= 11 is 1.28. The van der Waals surface area contributed by atoms with Crippen LogP contribution in [0.4, 0.5) is 0 Å². The van der Waals surface area contributed by atoms with Gasteiger partial charge in [0, 0.05) is 6.54 Å². The molecule has 0 aliphatic carbocycles. The minimum absolute atomic E-state index is 0.0582. The summed E-state index contributed by atoms with van der Waals surface area (Å²) in [6, 6.07) is 15.2. The lowest BCUT2D eigenvalue weighted by Gasteiger charge is -2.13. The average molecular weight is 382 g/mol. The van der Waals surface area contributed by atoms with Gasteiger partial charge < -0.3 is 5.32 Å². The van der Waals surface area contributed by atoms with Crippen molar-refractivity contribution in [2.45, 2.75) is 31.8 Å². The predicted octanol–water partition coefficient (Wildman–Crippen LogP) is 3.57. The summed E-state index contributed by atoms with van der Waals surface area (Å²) in [6.45, 7) is 4.75. The Bertz CT molecular complexity index is 996. The van der Waals surface area contributed by atoms with Crippen LogP contribution < -0.4 is 10.9 Å². The van der Waals surface area contributed by atoms with E-state index in [0.29, 0.717) is 22.6 Å². The smallest absolute Gasteiger partial charge is 0.266 e. The lowest BCUT2D eigenvalue weighted by molar-refractivity contribution is -0.118. The zero-order valence-corrected chi connectivity index (χ0v) is 16.4. The lowest BCUT2D eigenvalue weighted by atomic mass is 10.1. The molecule has 0 saturated carbocycles. The van der Waals surface area contributed by atoms with E-state index in [9.17, 15) is 9.59 Å². The quantitative estimate of drug-likeness (QED) is 0.502. The van der Waals surface area contributed by atoms with Crippen molar-refractivity contribution in [1.29, 1.82) is 0 Å². The zero-order valence-electron chi connectivity index (χ0n) is 15.6. The van der Waals surface area contributed by atoms with E-state index >= 15 is 0 Å². The molecule has 0 fully saturated rings. The Hall–Kier alpha value is -2.60. The molecule has 0 bridgehead atoms. The second-order valence-corrected chi connectivity index (χ2v) is 7.15. The number of hydrogen-bond acceptors (Lipinski definition) is 4. The number of aromatic nitrogens is 2. The topological polar surface area (TPSA) is 64.0 Å². The Morgan fingerprint density at radius 3 is 2.56 bits per heavy atom. The van der Waals surface area contributed by atoms with E-state index < -0.39 is 0 Å². The van der Waals surface area contributed by atoms with Gasteiger partial charge in [-0.2, -0.15) is 0 Å². The lowest BCUT2D eigenvalue weighted by Crippen LogP contribution is -2.27. The Morgan fingerprint density at radius 2 is 1.85 bits per heavy atom. The molecule has 5 nitrogen and oxygen atoms in total. The molecular weight excluding hydrogens is 358 g/mol. The number of rotatable bonds is 7. The maximum absolute atomic E-state index is 13.1. The molecule has 0 unspecified atom stereocenters. The van der Waals surface area contributed by atoms with Crippen molar-refractivity contribution in [3.63, 3.8) is 0 Å². The predicted molar refractivity (Wildman–Crippen MR) is 111 cm³/mol. The number of para-hydroxylation sites is 1. The fraction of sp³-hybridized carbons (Fsp3) is 0.286. The highest BCUT2D eigenvalue weighted by atomic mass is 32.2. The summed E-state index contributed by atoms with van der Waals surface area (Å²) in [7, 11) is 0. The van der Waals surface area contributed by atoms with Gasteiger partial charge in [0.15, 0.2) is 5.16 Å². The van der Waals surface area contributed by atoms with Crippen molar-refractivity contribution >= 4 is 28.6 Å². The number of carbonyl (C=O) groups is 1. The number of nitrogens with zero attached hydrogens (tertiary/aromatic N) is 2. The molecule has 1 amide bonds. The molecule has 2 aromatic carbocycles. The molecule has 0 atom stereocenters. The number of fused-ring (bicyclic) bond motifs is 1. The van der Waals surface area contributed by atoms with Gasteiger partial charge in [0.1, 0.15) is 0 Å². The van der Waals surface area contributed by atoms with Gasteiger partial charge in [0.2, 0.25) is 5.91 Å². The highest BCUT2D eigenvalue weighted by molar-refractivity contribution is 7.99. The first-order valence-corrected chi connectivity index (χ1v) is 10.1. The molecule has 3 rings (SSSR count). The van der Waals surface area contributed by atoms with Gasteiger partial charge in [0.25, 0.3) is 5.56 Å². The number of hydrogen-bond donors (Lipinski definition) is 1. The van der Waals surface area contributed by atoms with Crippen LogP contribution >= 0.6 is 11.8 Å². The number of carbonyl (C=O) groups excluding carboxylic acids is 1. The van der Waals surface area contributed by atoms with Gasteiger partial charge in [-0.05, 0) is 42.7 Å². The van der Waals surface area contributed by atoms with Crippen molar-refractivity contribution in [3.05, 3.63) is 64.4 Å². The molecule has 3 aromatic rings. The second kappa shape index (κ2) is 8.86. The Labute approximate surface area is 162 Å². The van der Waals surface area contributed by atoms with Crippen molar-refractivity contribution in [2.75, 3.05) is 12.3 Å². The molecule has 1 aromatic heterocycles. The van der Waals surface area contributed by atoms with Crippen molar-refractivity contribution in [2.24, 2.45) is 0 Å². The minimum atomic E-state index is -0.124. The van der Waals surface area contributed by atoms with E-state index in [0.717, 1.165) is 18.5 Å². The van der Waals surface area contributed by atoms with Crippen LogP contribution in [-0.2, 0) is 11.2 Å². The van der Waals surface area contributed by atoms with E-state index in [1.54, 1.807) is 10.6 Å². The average Bonchev–Trinajstić information content (AvgIpc) is 2.71. The maximum Gasteiger partial charge on any atom is 0.266 e. The second-order valence-electron chi connectivity index (χ2n) is 6.21. The van der Waals surface area contributed by atoms with Crippen LogP contribution in [0.1, 0.15) is 25.8 Å². The fourth-order valence-electron chi connectivity index (χ4n) is 2.76. The molecule has 0 aliphatic rings. The number of nitrogens with one attached hydrogen (secondary N) is 1. The molecule has 0 spiro atoms. The van der Waals surface area contributed by atoms with Crippen LogP contribution in [0, 0.1) is 0 Å². The zero-order chi connectivity index (χ0) is 19.2. The Balaban J connectivity index is 2.04. The van der Waals surface area contributed by atoms with Crippen LogP contribution in [-0.4, -0.2) is 27.8 Å². The highest BCUT2D eigenvalue weighted by Crippen LogP contribution is 2.21. The minimum Gasteiger partial charge on any atom is -0.355 e. The Morgan fingerprint density at radius 1 is 1.11 bits per heavy atom. The van der Waals surface area contributed by atoms with Gasteiger partial charge in [0.05, 0.1) is 22.3 Å². The number of benzene rings is 2. The molecule has 1 heterocycles. The molecule has 0 aliphatic heterocycles. The van der Waals surface area contributed by atoms with E-state index in [1.165, 1.54) is 17.3 Å². The van der Waals surface area contributed by atoms with Crippen LogP contribution in [0.5, 0.6) is 0 Å². The maximum atomic E-state index is 13.1. The largest absolute Gasteiger partial charge is 0.355 e. The van der Waals surface area contributed by atoms with Crippen LogP contribution in [0.15, 0.2) is 58.5 Å². The molecule has 0 radical (unpaired) electrons. The molecule has 140 valence electrons. The van der Waals surface area contributed by atoms with Crippen LogP contribution in [0.2, 0.25) is 0 Å². The summed E-state index contributed by atoms with van der Waals surface area (Å²) in [4.78, 5) is 29.8. The number of amides is 1. The first-order chi connectivity index (χ1) is 13.1. The summed E-state index contributed by atoms with van der Waals surface area (Å²) < 4.78 is 1.60. The monoisotopic (exact) mass is 381 g/mol. The van der Waals surface area contributed by atoms with Crippen LogP contribution in [0.25, 0.3) is 16.6 Å². The van der Waals surface area contributed by atoms with Gasteiger partial charge in [-0.1, -0.05) is 49.9 Å². The van der Waals surface area contributed by atoms with Gasteiger partial charge >= 0.3 is 0 Å². The number of aryl methyl sites for hydroxylation is 1. The summed E-state index contributed by atoms with van der Waals surface area (Å²) in [5.41, 5.74) is 2.47. The Kier molecular flexibility index (Phi) is 6.29. The molecule has 0 saturated heterocycles. The first kappa shape index (κ1) is 19.2. The molecule has 27 heavy (non-hydrogen) atoms. The van der Waals surface area contributed by atoms with Crippen molar-refractivity contribution in [1.82, 2.24) is 14.9 Å². The van der Waals surface area contributed by atoms with Crippen LogP contribution in [0.3, 0.4) is 0 Å². The summed E-state index contributed by atoms with van der Waals surface area (Å²) in [5, 5.41) is 3.94. The van der Waals surface area contributed by atoms with Gasteiger partial charge in [-0.15, -0.1) is 0 Å². The molecular formula is C21H23N3O2S. The standard InChI is InChI=1S/C21H23N3O2S/c1-3-13-22-19(25)14-27-21-23-18-8-6-5-7-17(18)20(26)24(21)16-11-9-15(4-2)10-12-16/h5-12H,3-4,13-14H2,1-2H3,(H,22,25). The van der Waals surface area contributed by atoms with Gasteiger partial charge in [-0.25, -0.2) is 4.98 Å². The van der Waals surface area contributed by atoms with Crippen molar-refractivity contribution < 1.29 is 4.79 Å². The highest BCUT2D eigenvalue weighted by Gasteiger charge is 2.14. The fourth-order valence-corrected chi connectivity index (χ4v) is 3.61. The first-order valence-electron chi connectivity index (χ1n) is 9.14.